The van der Waals surface area contributed by atoms with Gasteiger partial charge in [0.05, 0.1) is 12.2 Å². The Hall–Kier alpha value is -1.06. The van der Waals surface area contributed by atoms with Gasteiger partial charge >= 0.3 is 0 Å². The van der Waals surface area contributed by atoms with Gasteiger partial charge in [-0.3, -0.25) is 0 Å². The van der Waals surface area contributed by atoms with Crippen LogP contribution in [-0.2, 0) is 0 Å². The minimum atomic E-state index is -0.902. The Labute approximate surface area is 109 Å². The highest BCUT2D eigenvalue weighted by Gasteiger charge is 2.30. The molecule has 3 heteroatoms. The van der Waals surface area contributed by atoms with E-state index >= 15 is 0 Å². The molecule has 0 aliphatic rings. The fourth-order valence-corrected chi connectivity index (χ4v) is 1.70. The van der Waals surface area contributed by atoms with Crippen LogP contribution >= 0.6 is 0 Å². The van der Waals surface area contributed by atoms with E-state index in [-0.39, 0.29) is 11.5 Å². The molecule has 0 spiro atoms. The molecule has 0 saturated heterocycles. The molecule has 18 heavy (non-hydrogen) atoms. The van der Waals surface area contributed by atoms with E-state index < -0.39 is 12.2 Å². The fourth-order valence-electron chi connectivity index (χ4n) is 1.70. The molecule has 0 saturated carbocycles. The molecule has 0 fully saturated rings. The van der Waals surface area contributed by atoms with Crippen molar-refractivity contribution in [2.75, 3.05) is 0 Å². The number of benzene rings is 1. The molecule has 1 aromatic carbocycles. The van der Waals surface area contributed by atoms with Crippen LogP contribution in [0.3, 0.4) is 0 Å². The van der Waals surface area contributed by atoms with Crippen molar-refractivity contribution in [2.24, 2.45) is 5.41 Å². The summed E-state index contributed by atoms with van der Waals surface area (Å²) in [6.07, 6.45) is -1.63. The van der Waals surface area contributed by atoms with Gasteiger partial charge in [0.25, 0.3) is 0 Å². The summed E-state index contributed by atoms with van der Waals surface area (Å²) in [5, 5.41) is 20.3. The van der Waals surface area contributed by atoms with E-state index in [1.807, 2.05) is 46.8 Å². The summed E-state index contributed by atoms with van der Waals surface area (Å²) in [7, 11) is 0. The highest BCUT2D eigenvalue weighted by Crippen LogP contribution is 2.31. The van der Waals surface area contributed by atoms with Gasteiger partial charge in [0.1, 0.15) is 11.9 Å². The first-order valence-corrected chi connectivity index (χ1v) is 6.34. The lowest BCUT2D eigenvalue weighted by Gasteiger charge is -2.30. The molecule has 3 nitrogen and oxygen atoms in total. The largest absolute Gasteiger partial charge is 0.491 e. The molecular weight excluding hydrogens is 228 g/mol. The lowest BCUT2D eigenvalue weighted by molar-refractivity contribution is -0.0459. The van der Waals surface area contributed by atoms with E-state index in [4.69, 9.17) is 4.74 Å². The third kappa shape index (κ3) is 4.00. The van der Waals surface area contributed by atoms with Gasteiger partial charge in [0.2, 0.25) is 0 Å². The van der Waals surface area contributed by atoms with Crippen molar-refractivity contribution in [1.82, 2.24) is 0 Å². The lowest BCUT2D eigenvalue weighted by atomic mass is 9.83. The first-order valence-electron chi connectivity index (χ1n) is 6.34. The number of rotatable bonds is 4. The van der Waals surface area contributed by atoms with Crippen LogP contribution < -0.4 is 4.74 Å². The second-order valence-corrected chi connectivity index (χ2v) is 5.99. The molecule has 102 valence electrons. The van der Waals surface area contributed by atoms with E-state index in [1.54, 1.807) is 12.1 Å². The Morgan fingerprint density at radius 2 is 1.72 bits per heavy atom. The van der Waals surface area contributed by atoms with Gasteiger partial charge in [0, 0.05) is 0 Å². The Kier molecular flexibility index (Phi) is 4.77. The lowest BCUT2D eigenvalue weighted by Crippen LogP contribution is -2.32. The van der Waals surface area contributed by atoms with Crippen molar-refractivity contribution >= 4 is 0 Å². The summed E-state index contributed by atoms with van der Waals surface area (Å²) < 4.78 is 5.58. The predicted octanol–water partition coefficient (Wildman–Crippen LogP) is 2.91. The topological polar surface area (TPSA) is 49.7 Å². The number of aliphatic hydroxyl groups excluding tert-OH is 2. The van der Waals surface area contributed by atoms with Crippen molar-refractivity contribution in [2.45, 2.75) is 52.9 Å². The summed E-state index contributed by atoms with van der Waals surface area (Å²) in [4.78, 5) is 0. The van der Waals surface area contributed by atoms with Crippen LogP contribution in [0.25, 0.3) is 0 Å². The minimum absolute atomic E-state index is 0.0879. The van der Waals surface area contributed by atoms with E-state index in [0.717, 1.165) is 0 Å². The quantitative estimate of drug-likeness (QED) is 0.866. The molecule has 1 rings (SSSR count). The SMILES string of the molecule is CC(C)Oc1cccc(C(O)C(O)C(C)(C)C)c1. The molecule has 0 aromatic heterocycles. The van der Waals surface area contributed by atoms with Crippen LogP contribution in [0.4, 0.5) is 0 Å². The summed E-state index contributed by atoms with van der Waals surface area (Å²) in [6, 6.07) is 7.25. The maximum absolute atomic E-state index is 10.2. The van der Waals surface area contributed by atoms with Gasteiger partial charge in [-0.15, -0.1) is 0 Å². The summed E-state index contributed by atoms with van der Waals surface area (Å²) in [5.41, 5.74) is 0.310. The van der Waals surface area contributed by atoms with Crippen molar-refractivity contribution in [3.8, 4) is 5.75 Å². The number of aliphatic hydroxyl groups is 2. The van der Waals surface area contributed by atoms with Crippen molar-refractivity contribution in [3.63, 3.8) is 0 Å². The minimum Gasteiger partial charge on any atom is -0.491 e. The van der Waals surface area contributed by atoms with Gasteiger partial charge in [0.15, 0.2) is 0 Å². The third-order valence-corrected chi connectivity index (χ3v) is 2.76. The molecule has 0 aliphatic heterocycles. The summed E-state index contributed by atoms with van der Waals surface area (Å²) in [5.74, 6) is 0.711. The van der Waals surface area contributed by atoms with Crippen LogP contribution in [0.15, 0.2) is 24.3 Å². The monoisotopic (exact) mass is 252 g/mol. The molecule has 2 unspecified atom stereocenters. The van der Waals surface area contributed by atoms with E-state index in [0.29, 0.717) is 11.3 Å². The van der Waals surface area contributed by atoms with Gasteiger partial charge in [-0.2, -0.15) is 0 Å². The first kappa shape index (κ1) is 15.0. The Balaban J connectivity index is 2.89. The van der Waals surface area contributed by atoms with Crippen molar-refractivity contribution in [1.29, 1.82) is 0 Å². The molecule has 0 amide bonds. The second kappa shape index (κ2) is 5.72. The molecular formula is C15H24O3. The van der Waals surface area contributed by atoms with Gasteiger partial charge in [-0.1, -0.05) is 32.9 Å². The maximum Gasteiger partial charge on any atom is 0.120 e. The Morgan fingerprint density at radius 1 is 1.11 bits per heavy atom. The normalized spacial score (nSPS) is 15.6. The van der Waals surface area contributed by atoms with Crippen molar-refractivity contribution < 1.29 is 14.9 Å². The molecule has 0 heterocycles. The van der Waals surface area contributed by atoms with E-state index in [2.05, 4.69) is 0 Å². The number of hydrogen-bond acceptors (Lipinski definition) is 3. The molecule has 0 bridgehead atoms. The maximum atomic E-state index is 10.2. The number of hydrogen-bond donors (Lipinski definition) is 2. The van der Waals surface area contributed by atoms with Gasteiger partial charge < -0.3 is 14.9 Å². The zero-order valence-electron chi connectivity index (χ0n) is 11.8. The van der Waals surface area contributed by atoms with Gasteiger partial charge in [-0.25, -0.2) is 0 Å². The van der Waals surface area contributed by atoms with Crippen LogP contribution in [0.1, 0.15) is 46.3 Å². The van der Waals surface area contributed by atoms with E-state index in [9.17, 15) is 10.2 Å². The summed E-state index contributed by atoms with van der Waals surface area (Å²) in [6.45, 7) is 9.60. The predicted molar refractivity (Wildman–Crippen MR) is 72.6 cm³/mol. The van der Waals surface area contributed by atoms with E-state index in [1.165, 1.54) is 0 Å². The molecule has 2 atom stereocenters. The standard InChI is InChI=1S/C15H24O3/c1-10(2)18-12-8-6-7-11(9-12)13(16)14(17)15(3,4)5/h6-10,13-14,16-17H,1-5H3. The molecule has 2 N–H and O–H groups in total. The summed E-state index contributed by atoms with van der Waals surface area (Å²) >= 11 is 0. The zero-order valence-corrected chi connectivity index (χ0v) is 11.8. The fraction of sp³-hybridized carbons (Fsp3) is 0.600. The average molecular weight is 252 g/mol. The van der Waals surface area contributed by atoms with Crippen LogP contribution in [-0.4, -0.2) is 22.4 Å². The molecule has 1 aromatic rings. The Morgan fingerprint density at radius 3 is 2.22 bits per heavy atom. The highest BCUT2D eigenvalue weighted by atomic mass is 16.5. The zero-order chi connectivity index (χ0) is 13.9. The van der Waals surface area contributed by atoms with Crippen LogP contribution in [0.2, 0.25) is 0 Å². The highest BCUT2D eigenvalue weighted by molar-refractivity contribution is 5.30. The van der Waals surface area contributed by atoms with Crippen LogP contribution in [0.5, 0.6) is 5.75 Å². The first-order chi connectivity index (χ1) is 8.21. The third-order valence-electron chi connectivity index (χ3n) is 2.76. The molecule has 0 aliphatic carbocycles. The second-order valence-electron chi connectivity index (χ2n) is 5.99. The Bertz CT molecular complexity index is 380. The smallest absolute Gasteiger partial charge is 0.120 e. The van der Waals surface area contributed by atoms with Gasteiger partial charge in [-0.05, 0) is 37.0 Å². The average Bonchev–Trinajstić information content (AvgIpc) is 2.25. The number of ether oxygens (including phenoxy) is 1. The molecule has 0 radical (unpaired) electrons. The van der Waals surface area contributed by atoms with Crippen LogP contribution in [0, 0.1) is 5.41 Å². The van der Waals surface area contributed by atoms with Crippen molar-refractivity contribution in [3.05, 3.63) is 29.8 Å².